The lowest BCUT2D eigenvalue weighted by atomic mass is 9.93. The van der Waals surface area contributed by atoms with Gasteiger partial charge in [0.15, 0.2) is 5.78 Å². The fourth-order valence-corrected chi connectivity index (χ4v) is 1.90. The Bertz CT molecular complexity index is 415. The van der Waals surface area contributed by atoms with Crippen molar-refractivity contribution in [3.63, 3.8) is 0 Å². The van der Waals surface area contributed by atoms with Crippen LogP contribution in [0.5, 0.6) is 0 Å². The summed E-state index contributed by atoms with van der Waals surface area (Å²) in [5, 5.41) is 18.3. The average Bonchev–Trinajstić information content (AvgIpc) is 2.23. The Morgan fingerprint density at radius 3 is 2.05 bits per heavy atom. The summed E-state index contributed by atoms with van der Waals surface area (Å²) in [7, 11) is 5.21. The Balaban J connectivity index is 5.51. The van der Waals surface area contributed by atoms with Crippen molar-refractivity contribution < 1.29 is 33.8 Å². The zero-order chi connectivity index (χ0) is 17.0. The zero-order valence-corrected chi connectivity index (χ0v) is 13.1. The number of ketones is 1. The Hall–Kier alpha value is -1.51. The van der Waals surface area contributed by atoms with Crippen molar-refractivity contribution in [1.29, 1.82) is 0 Å². The molecule has 0 aliphatic rings. The van der Waals surface area contributed by atoms with E-state index in [0.29, 0.717) is 0 Å². The van der Waals surface area contributed by atoms with Gasteiger partial charge in [0.1, 0.15) is 12.6 Å². The minimum Gasteiger partial charge on any atom is -0.481 e. The molecule has 0 bridgehead atoms. The van der Waals surface area contributed by atoms with E-state index in [2.05, 4.69) is 0 Å². The number of rotatable bonds is 8. The smallest absolute Gasteiger partial charge is 0.326 e. The highest BCUT2D eigenvalue weighted by Gasteiger charge is 2.47. The van der Waals surface area contributed by atoms with Crippen LogP contribution in [0, 0.1) is 0 Å². The molecule has 8 nitrogen and oxygen atoms in total. The normalized spacial score (nSPS) is 17.5. The van der Waals surface area contributed by atoms with E-state index in [0.717, 1.165) is 0 Å². The lowest BCUT2D eigenvalue weighted by Gasteiger charge is -2.36. The molecule has 0 aromatic carbocycles. The predicted molar refractivity (Wildman–Crippen MR) is 74.3 cm³/mol. The SMILES string of the molecule is CC(=O)[C@@](CC(=O)O)(C[N+](C)(C)C)OC(=O)[C@@H](N)[C@@H](C)O. The topological polar surface area (TPSA) is 127 Å². The average molecular weight is 305 g/mol. The van der Waals surface area contributed by atoms with E-state index >= 15 is 0 Å². The Morgan fingerprint density at radius 2 is 1.76 bits per heavy atom. The molecule has 0 spiro atoms. The molecule has 0 aliphatic heterocycles. The van der Waals surface area contributed by atoms with Crippen LogP contribution in [-0.2, 0) is 19.1 Å². The molecule has 3 atom stereocenters. The fraction of sp³-hybridized carbons (Fsp3) is 0.769. The number of carbonyl (C=O) groups is 3. The van der Waals surface area contributed by atoms with Gasteiger partial charge in [-0.25, -0.2) is 0 Å². The van der Waals surface area contributed by atoms with E-state index in [1.165, 1.54) is 13.8 Å². The van der Waals surface area contributed by atoms with E-state index in [1.807, 2.05) is 0 Å². The van der Waals surface area contributed by atoms with Crippen molar-refractivity contribution in [2.75, 3.05) is 27.7 Å². The maximum absolute atomic E-state index is 12.0. The standard InChI is InChI=1S/C13H24N2O6/c1-8(16)11(14)12(20)21-13(9(2)17,6-10(18)19)7-15(3,4)5/h8,11,16H,6-7,14H2,1-5H3/p+1/t8-,11+,13-/m1/s1. The molecule has 8 heteroatoms. The number of carboxylic acids is 1. The molecule has 4 N–H and O–H groups in total. The van der Waals surface area contributed by atoms with Crippen LogP contribution in [0.15, 0.2) is 0 Å². The minimum atomic E-state index is -1.81. The monoisotopic (exact) mass is 305 g/mol. The third kappa shape index (κ3) is 6.19. The summed E-state index contributed by atoms with van der Waals surface area (Å²) in [5.74, 6) is -2.85. The number of nitrogens with two attached hydrogens (primary N) is 1. The number of Topliss-reactive ketones (excluding diaryl/α,β-unsaturated/α-hetero) is 1. The van der Waals surface area contributed by atoms with Gasteiger partial charge in [-0.3, -0.25) is 14.4 Å². The number of hydrogen-bond acceptors (Lipinski definition) is 6. The van der Waals surface area contributed by atoms with Crippen molar-refractivity contribution in [3.05, 3.63) is 0 Å². The van der Waals surface area contributed by atoms with Gasteiger partial charge in [-0.1, -0.05) is 0 Å². The maximum atomic E-state index is 12.0. The number of ether oxygens (including phenoxy) is 1. The number of aliphatic hydroxyl groups excluding tert-OH is 1. The molecule has 0 saturated heterocycles. The fourth-order valence-electron chi connectivity index (χ4n) is 1.90. The highest BCUT2D eigenvalue weighted by molar-refractivity contribution is 5.92. The second-order valence-corrected chi connectivity index (χ2v) is 6.26. The van der Waals surface area contributed by atoms with Gasteiger partial charge in [0.05, 0.1) is 33.7 Å². The van der Waals surface area contributed by atoms with Crippen LogP contribution in [0.3, 0.4) is 0 Å². The van der Waals surface area contributed by atoms with Gasteiger partial charge in [-0.2, -0.15) is 0 Å². The van der Waals surface area contributed by atoms with Crippen molar-refractivity contribution in [2.24, 2.45) is 5.73 Å². The number of likely N-dealkylation sites (N-methyl/N-ethyl adjacent to an activating group) is 1. The summed E-state index contributed by atoms with van der Waals surface area (Å²) >= 11 is 0. The van der Waals surface area contributed by atoms with Gasteiger partial charge in [-0.05, 0) is 13.8 Å². The van der Waals surface area contributed by atoms with Crippen LogP contribution in [-0.4, -0.2) is 77.9 Å². The molecule has 0 rings (SSSR count). The van der Waals surface area contributed by atoms with Gasteiger partial charge in [0.25, 0.3) is 0 Å². The first-order valence-electron chi connectivity index (χ1n) is 6.50. The molecule has 0 aromatic heterocycles. The second kappa shape index (κ2) is 6.97. The molecule has 0 saturated carbocycles. The molecule has 0 radical (unpaired) electrons. The molecule has 0 amide bonds. The second-order valence-electron chi connectivity index (χ2n) is 6.26. The van der Waals surface area contributed by atoms with E-state index in [1.54, 1.807) is 21.1 Å². The molecule has 21 heavy (non-hydrogen) atoms. The summed E-state index contributed by atoms with van der Waals surface area (Å²) in [6.45, 7) is 2.45. The number of nitrogens with zero attached hydrogens (tertiary/aromatic N) is 1. The summed E-state index contributed by atoms with van der Waals surface area (Å²) in [6.07, 6.45) is -1.83. The predicted octanol–water partition coefficient (Wildman–Crippen LogP) is -1.25. The van der Waals surface area contributed by atoms with Crippen molar-refractivity contribution in [2.45, 2.75) is 38.0 Å². The highest BCUT2D eigenvalue weighted by atomic mass is 16.6. The van der Waals surface area contributed by atoms with E-state index < -0.39 is 41.9 Å². The molecular formula is C13H25N2O6+. The Morgan fingerprint density at radius 1 is 1.29 bits per heavy atom. The number of hydrogen-bond donors (Lipinski definition) is 3. The van der Waals surface area contributed by atoms with E-state index in [-0.39, 0.29) is 11.0 Å². The molecule has 122 valence electrons. The minimum absolute atomic E-state index is 0.0209. The van der Waals surface area contributed by atoms with Crippen LogP contribution in [0.4, 0.5) is 0 Å². The van der Waals surface area contributed by atoms with Crippen molar-refractivity contribution in [3.8, 4) is 0 Å². The van der Waals surface area contributed by atoms with Crippen molar-refractivity contribution >= 4 is 17.7 Å². The quantitative estimate of drug-likeness (QED) is 0.377. The lowest BCUT2D eigenvalue weighted by molar-refractivity contribution is -0.875. The van der Waals surface area contributed by atoms with Crippen LogP contribution < -0.4 is 5.73 Å². The van der Waals surface area contributed by atoms with Crippen LogP contribution in [0.25, 0.3) is 0 Å². The Kier molecular flexibility index (Phi) is 6.47. The van der Waals surface area contributed by atoms with Gasteiger partial charge in [-0.15, -0.1) is 0 Å². The van der Waals surface area contributed by atoms with Gasteiger partial charge in [0, 0.05) is 0 Å². The largest absolute Gasteiger partial charge is 0.481 e. The lowest BCUT2D eigenvalue weighted by Crippen LogP contribution is -2.58. The number of carboxylic acid groups (broad SMARTS) is 1. The highest BCUT2D eigenvalue weighted by Crippen LogP contribution is 2.22. The van der Waals surface area contributed by atoms with Crippen LogP contribution in [0.2, 0.25) is 0 Å². The third-order valence-electron chi connectivity index (χ3n) is 2.90. The first-order chi connectivity index (χ1) is 9.30. The first-order valence-corrected chi connectivity index (χ1v) is 6.50. The summed E-state index contributed by atoms with van der Waals surface area (Å²) in [4.78, 5) is 34.9. The molecule has 0 aromatic rings. The molecular weight excluding hydrogens is 280 g/mol. The molecule has 0 unspecified atom stereocenters. The number of aliphatic carboxylic acids is 1. The van der Waals surface area contributed by atoms with Crippen LogP contribution in [0.1, 0.15) is 20.3 Å². The summed E-state index contributed by atoms with van der Waals surface area (Å²) in [5.41, 5.74) is 3.66. The summed E-state index contributed by atoms with van der Waals surface area (Å²) < 4.78 is 5.35. The van der Waals surface area contributed by atoms with E-state index in [4.69, 9.17) is 15.6 Å². The Labute approximate surface area is 124 Å². The van der Waals surface area contributed by atoms with Crippen molar-refractivity contribution in [1.82, 2.24) is 0 Å². The summed E-state index contributed by atoms with van der Waals surface area (Å²) in [6, 6.07) is -1.34. The number of quaternary nitrogens is 1. The third-order valence-corrected chi connectivity index (χ3v) is 2.90. The van der Waals surface area contributed by atoms with E-state index in [9.17, 15) is 19.5 Å². The number of esters is 1. The van der Waals surface area contributed by atoms with Gasteiger partial charge >= 0.3 is 11.9 Å². The number of carbonyl (C=O) groups excluding carboxylic acids is 2. The zero-order valence-electron chi connectivity index (χ0n) is 13.1. The molecule has 0 heterocycles. The maximum Gasteiger partial charge on any atom is 0.326 e. The first kappa shape index (κ1) is 19.5. The number of aliphatic hydroxyl groups is 1. The molecule has 0 fully saturated rings. The van der Waals surface area contributed by atoms with Gasteiger partial charge < -0.3 is 25.2 Å². The van der Waals surface area contributed by atoms with Gasteiger partial charge in [0.2, 0.25) is 5.60 Å². The molecule has 0 aliphatic carbocycles. The van der Waals surface area contributed by atoms with Crippen LogP contribution >= 0.6 is 0 Å².